The van der Waals surface area contributed by atoms with Crippen molar-refractivity contribution in [1.82, 2.24) is 58.2 Å². The fourth-order valence-electron chi connectivity index (χ4n) is 9.63. The summed E-state index contributed by atoms with van der Waals surface area (Å²) in [5.74, 6) is -13.1. The molecule has 0 unspecified atom stereocenters. The summed E-state index contributed by atoms with van der Waals surface area (Å²) in [5.41, 5.74) is 11.1. The van der Waals surface area contributed by atoms with E-state index >= 15 is 0 Å². The van der Waals surface area contributed by atoms with E-state index in [9.17, 15) is 87.9 Å². The van der Waals surface area contributed by atoms with Gasteiger partial charge in [-0.3, -0.25) is 57.5 Å². The van der Waals surface area contributed by atoms with Crippen LogP contribution in [-0.4, -0.2) is 194 Å². The lowest BCUT2D eigenvalue weighted by Gasteiger charge is -2.28. The number of nitrogens with two attached hydrogens (primary N) is 1. The fourth-order valence-corrected chi connectivity index (χ4v) is 9.63. The van der Waals surface area contributed by atoms with Gasteiger partial charge in [-0.15, -0.1) is 0 Å². The first-order chi connectivity index (χ1) is 44.4. The molecule has 94 heavy (non-hydrogen) atoms. The highest BCUT2D eigenvalue weighted by Crippen LogP contribution is 2.21. The van der Waals surface area contributed by atoms with Gasteiger partial charge >= 0.3 is 5.97 Å². The Morgan fingerprint density at radius 3 is 1.46 bits per heavy atom. The molecule has 0 saturated heterocycles. The van der Waals surface area contributed by atoms with Gasteiger partial charge in [0.15, 0.2) is 6.04 Å². The molecule has 0 saturated carbocycles. The molecule has 4 aromatic rings. The number of aromatic amines is 1. The van der Waals surface area contributed by atoms with Crippen LogP contribution < -0.4 is 64.6 Å². The third kappa shape index (κ3) is 25.0. The molecule has 0 radical (unpaired) electrons. The van der Waals surface area contributed by atoms with E-state index in [1.54, 1.807) is 88.5 Å². The van der Waals surface area contributed by atoms with E-state index in [-0.39, 0.29) is 49.7 Å². The molecule has 3 aromatic carbocycles. The number of hydrogen-bond donors (Lipinski definition) is 18. The van der Waals surface area contributed by atoms with Gasteiger partial charge in [0.1, 0.15) is 78.6 Å². The number of carbonyl (C=O) groups is 13. The zero-order chi connectivity index (χ0) is 69.9. The van der Waals surface area contributed by atoms with Gasteiger partial charge in [-0.05, 0) is 79.8 Å². The van der Waals surface area contributed by atoms with Crippen molar-refractivity contribution in [3.63, 3.8) is 0 Å². The molecule has 0 spiro atoms. The van der Waals surface area contributed by atoms with E-state index in [0.29, 0.717) is 33.9 Å². The number of hydrogen-bond acceptors (Lipinski definition) is 17. The van der Waals surface area contributed by atoms with Crippen LogP contribution in [-0.2, 0) is 81.6 Å². The minimum atomic E-state index is -1.82. The second kappa shape index (κ2) is 37.6. The van der Waals surface area contributed by atoms with Gasteiger partial charge in [-0.25, -0.2) is 0 Å². The molecule has 12 atom stereocenters. The number of aromatic nitrogens is 1. The normalized spacial score (nSPS) is 15.1. The number of aliphatic hydroxyl groups is 3. The summed E-state index contributed by atoms with van der Waals surface area (Å²) in [6, 6.07) is 3.78. The van der Waals surface area contributed by atoms with Gasteiger partial charge in [0, 0.05) is 42.8 Å². The Bertz CT molecular complexity index is 3270. The first-order valence-corrected chi connectivity index (χ1v) is 30.5. The Kier molecular flexibility index (Phi) is 30.6. The maximum atomic E-state index is 14.9. The maximum Gasteiger partial charge on any atom is 0.303 e. The van der Waals surface area contributed by atoms with Gasteiger partial charge in [0.05, 0.1) is 19.6 Å². The molecule has 31 heteroatoms. The van der Waals surface area contributed by atoms with Crippen LogP contribution in [0.4, 0.5) is 0 Å². The zero-order valence-electron chi connectivity index (χ0n) is 53.1. The summed E-state index contributed by atoms with van der Waals surface area (Å²) < 4.78 is 0. The molecule has 1 aromatic heterocycles. The molecule has 0 aliphatic heterocycles. The van der Waals surface area contributed by atoms with Crippen LogP contribution in [0, 0.1) is 11.8 Å². The van der Waals surface area contributed by atoms with Gasteiger partial charge in [-0.1, -0.05) is 88.4 Å². The Balaban J connectivity index is 1.68. The maximum absolute atomic E-state index is 14.9. The van der Waals surface area contributed by atoms with Crippen LogP contribution in [0.3, 0.4) is 0 Å². The van der Waals surface area contributed by atoms with Crippen molar-refractivity contribution >= 4 is 88.1 Å². The number of amides is 11. The monoisotopic (exact) mass is 1310 g/mol. The number of aliphatic hydroxyl groups excluding tert-OH is 3. The Hall–Kier alpha value is -9.85. The van der Waals surface area contributed by atoms with Crippen LogP contribution in [0.5, 0.6) is 5.75 Å². The highest BCUT2D eigenvalue weighted by atomic mass is 16.4. The molecular weight excluding hydrogens is 1230 g/mol. The summed E-state index contributed by atoms with van der Waals surface area (Å²) in [5, 5.41) is 74.7. The lowest BCUT2D eigenvalue weighted by molar-refractivity contribution is -0.419. The van der Waals surface area contributed by atoms with Crippen LogP contribution in [0.2, 0.25) is 0 Å². The number of carboxylic acids is 1. The van der Waals surface area contributed by atoms with Crippen LogP contribution >= 0.6 is 0 Å². The number of aromatic hydroxyl groups is 1. The highest BCUT2D eigenvalue weighted by molar-refractivity contribution is 6.00. The van der Waals surface area contributed by atoms with E-state index in [4.69, 9.17) is 5.73 Å². The summed E-state index contributed by atoms with van der Waals surface area (Å²) in [6.07, 6.45) is -2.41. The lowest BCUT2D eigenvalue weighted by atomic mass is 9.99. The van der Waals surface area contributed by atoms with E-state index in [1.165, 1.54) is 38.1 Å². The molecular formula is C63H88N13O18+. The SMILES string of the molecule is CC(C)C[C@H](NC(=O)[C@H](CC(C)C)NC(=O)[C@H](CC(N)=O)NC(=O)[C@H](Cc1c[nH]c2ccccc12)NC(=O)[C@H](Cc1ccc(O)cc1)NC(=O)[C@H](CCC(=O)O)NC(=O)[C@H](C)NC(=O)[C@H](Cc1ccccc1)NC(=O)[C@H](CO)NC(=O)[C@@H]([NH3+])[C@@H](C)O)C(=O)N[C@H](C=O)CO. The van der Waals surface area contributed by atoms with Crippen molar-refractivity contribution in [2.24, 2.45) is 17.6 Å². The van der Waals surface area contributed by atoms with Gasteiger partial charge in [0.2, 0.25) is 59.1 Å². The number of phenolic OH excluding ortho intramolecular Hbond substituents is 1. The molecule has 11 amide bonds. The average molecular weight is 1320 g/mol. The van der Waals surface area contributed by atoms with Crippen LogP contribution in [0.15, 0.2) is 85.1 Å². The molecule has 512 valence electrons. The summed E-state index contributed by atoms with van der Waals surface area (Å²) in [7, 11) is 0. The van der Waals surface area contributed by atoms with Gasteiger partial charge < -0.3 is 99.9 Å². The summed E-state index contributed by atoms with van der Waals surface area (Å²) in [4.78, 5) is 179. The van der Waals surface area contributed by atoms with Crippen LogP contribution in [0.1, 0.15) is 90.3 Å². The third-order valence-electron chi connectivity index (χ3n) is 14.8. The van der Waals surface area contributed by atoms with E-state index in [1.807, 2.05) is 0 Å². The van der Waals surface area contributed by atoms with Crippen molar-refractivity contribution in [1.29, 1.82) is 0 Å². The van der Waals surface area contributed by atoms with Gasteiger partial charge in [-0.2, -0.15) is 0 Å². The topological polar surface area (TPSA) is 513 Å². The van der Waals surface area contributed by atoms with Crippen molar-refractivity contribution in [3.8, 4) is 5.75 Å². The van der Waals surface area contributed by atoms with Crippen LogP contribution in [0.25, 0.3) is 10.9 Å². The Morgan fingerprint density at radius 2 is 0.947 bits per heavy atom. The number of phenols is 1. The number of quaternary nitrogens is 1. The van der Waals surface area contributed by atoms with Crippen molar-refractivity contribution in [2.45, 2.75) is 165 Å². The predicted molar refractivity (Wildman–Crippen MR) is 337 cm³/mol. The standard InChI is InChI=1S/C63H87N13O18/c1-32(2)22-44(57(88)68-39(29-77)30-78)70-58(89)45(23-33(3)4)71-61(92)49(27-51(64)82)75-60(91)48(26-38-28-66-42-15-11-10-14-41(38)42)74-59(90)47(25-37-16-18-40(81)19-17-37)72-55(86)43(20-21-52(83)84)69-54(85)34(5)67-56(87)46(24-36-12-8-7-9-13-36)73-62(93)50(31-79)76-63(94)53(65)35(6)80/h7-19,28-29,32-35,39,43-50,53,66,78-81H,20-27,30-31,65H2,1-6H3,(H2,64,82)(H,67,87)(H,68,88)(H,69,85)(H,70,89)(H,71,92)(H,72,86)(H,73,93)(H,74,90)(H,75,91)(H,76,94)(H,83,84)/p+1/t34-,35+,39+,43-,44-,45-,46-,47-,48-,49-,50-,53-/m0/s1. The molecule has 1 heterocycles. The third-order valence-corrected chi connectivity index (χ3v) is 14.8. The van der Waals surface area contributed by atoms with Crippen molar-refractivity contribution in [2.75, 3.05) is 13.2 Å². The smallest absolute Gasteiger partial charge is 0.303 e. The second-order valence-corrected chi connectivity index (χ2v) is 23.7. The second-order valence-electron chi connectivity index (χ2n) is 23.7. The minimum Gasteiger partial charge on any atom is -0.508 e. The molecule has 4 rings (SSSR count). The van der Waals surface area contributed by atoms with E-state index in [2.05, 4.69) is 63.9 Å². The molecule has 0 bridgehead atoms. The highest BCUT2D eigenvalue weighted by Gasteiger charge is 2.37. The number of aliphatic carboxylic acids is 1. The Morgan fingerprint density at radius 1 is 0.511 bits per heavy atom. The first kappa shape index (κ1) is 76.6. The molecule has 0 fully saturated rings. The molecule has 0 aliphatic carbocycles. The number of para-hydroxylation sites is 1. The Labute approximate surface area is 541 Å². The summed E-state index contributed by atoms with van der Waals surface area (Å²) in [6.45, 7) is 7.83. The zero-order valence-corrected chi connectivity index (χ0v) is 53.1. The molecule has 0 aliphatic rings. The lowest BCUT2D eigenvalue weighted by Crippen LogP contribution is -2.73. The predicted octanol–water partition coefficient (Wildman–Crippen LogP) is -4.22. The number of H-pyrrole nitrogens is 1. The fraction of sp³-hybridized carbons (Fsp3) is 0.476. The largest absolute Gasteiger partial charge is 0.508 e. The van der Waals surface area contributed by atoms with Gasteiger partial charge in [0.25, 0.3) is 5.91 Å². The molecule has 21 N–H and O–H groups in total. The number of carbonyl (C=O) groups excluding carboxylic acids is 12. The number of nitrogens with one attached hydrogen (secondary N) is 11. The quantitative estimate of drug-likeness (QED) is 0.0188. The number of fused-ring (bicyclic) bond motifs is 1. The van der Waals surface area contributed by atoms with Crippen molar-refractivity contribution in [3.05, 3.63) is 102 Å². The molecule has 31 nitrogen and oxygen atoms in total. The summed E-state index contributed by atoms with van der Waals surface area (Å²) >= 11 is 0. The van der Waals surface area contributed by atoms with Crippen molar-refractivity contribution < 1.29 is 93.6 Å². The van der Waals surface area contributed by atoms with E-state index in [0.717, 1.165) is 0 Å². The van der Waals surface area contributed by atoms with E-state index < -0.39 is 176 Å². The number of carboxylic acid groups (broad SMARTS) is 1. The first-order valence-electron chi connectivity index (χ1n) is 30.5. The minimum absolute atomic E-state index is 0.0401. The number of aldehydes is 1. The number of benzene rings is 3. The number of primary amides is 1. The number of rotatable bonds is 39. The average Bonchev–Trinajstić information content (AvgIpc) is 1.60.